The molecule has 0 saturated carbocycles. The van der Waals surface area contributed by atoms with Gasteiger partial charge in [0.2, 0.25) is 0 Å². The van der Waals surface area contributed by atoms with Crippen LogP contribution in [-0.4, -0.2) is 65.1 Å². The van der Waals surface area contributed by atoms with Crippen LogP contribution in [-0.2, 0) is 47.6 Å². The third-order valence-corrected chi connectivity index (χ3v) is 4.92. The Kier molecular flexibility index (Phi) is 7.27. The molecule has 1 unspecified atom stereocenters. The van der Waals surface area contributed by atoms with Gasteiger partial charge in [0.1, 0.15) is 0 Å². The van der Waals surface area contributed by atoms with E-state index in [9.17, 15) is 9.90 Å². The van der Waals surface area contributed by atoms with E-state index in [0.717, 1.165) is 31.9 Å². The van der Waals surface area contributed by atoms with E-state index in [1.807, 2.05) is 24.5 Å². The summed E-state index contributed by atoms with van der Waals surface area (Å²) in [5.74, 6) is 0.544. The van der Waals surface area contributed by atoms with E-state index in [4.69, 9.17) is 25.3 Å². The Hall–Kier alpha value is -0.680. The summed E-state index contributed by atoms with van der Waals surface area (Å²) in [6, 6.07) is 3.65. The number of rotatable bonds is 3. The van der Waals surface area contributed by atoms with Crippen molar-refractivity contribution in [2.45, 2.75) is 10.9 Å². The van der Waals surface area contributed by atoms with Gasteiger partial charge in [-0.15, -0.1) is 0 Å². The number of carbonyl (C=O) groups is 1. The molecular formula is C15H20AuN5O2S2-. The number of pyridine rings is 1. The zero-order valence-corrected chi connectivity index (χ0v) is 17.4. The summed E-state index contributed by atoms with van der Waals surface area (Å²) in [6.07, 6.45) is 4.40. The molecular weight excluding hydrogens is 543 g/mol. The van der Waals surface area contributed by atoms with Crippen LogP contribution in [0, 0.1) is 0 Å². The van der Waals surface area contributed by atoms with Gasteiger partial charge in [0, 0.05) is 73.4 Å². The number of nitrogens with zero attached hydrogens (tertiary/aromatic N) is 4. The number of aliphatic hydroxyl groups is 1. The maximum atomic E-state index is 11.8. The van der Waals surface area contributed by atoms with Gasteiger partial charge in [0.05, 0.1) is 18.5 Å². The first-order valence-electron chi connectivity index (χ1n) is 7.72. The SMILES string of the molecule is CN1C(=O)NC([n+]2ccc(N3CCN(C([S-])[S-])CC3)cc2)=CC1O.[Au]. The molecule has 0 spiro atoms. The van der Waals surface area contributed by atoms with Crippen LogP contribution < -0.4 is 14.8 Å². The largest absolute Gasteiger partial charge is 0.800 e. The molecule has 25 heavy (non-hydrogen) atoms. The predicted octanol–water partition coefficient (Wildman–Crippen LogP) is -0.757. The molecule has 1 atom stereocenters. The zero-order valence-electron chi connectivity index (χ0n) is 13.6. The molecule has 2 aliphatic heterocycles. The van der Waals surface area contributed by atoms with Gasteiger partial charge in [-0.3, -0.25) is 4.90 Å². The first-order valence-corrected chi connectivity index (χ1v) is 8.66. The first-order chi connectivity index (χ1) is 11.5. The first kappa shape index (κ1) is 20.6. The Balaban J connectivity index is 0.00000225. The van der Waals surface area contributed by atoms with Crippen LogP contribution in [0.1, 0.15) is 0 Å². The van der Waals surface area contributed by atoms with Crippen LogP contribution in [0.3, 0.4) is 0 Å². The second kappa shape index (κ2) is 8.81. The molecule has 10 heteroatoms. The van der Waals surface area contributed by atoms with Gasteiger partial charge in [-0.25, -0.2) is 14.1 Å². The van der Waals surface area contributed by atoms with E-state index in [-0.39, 0.29) is 33.1 Å². The molecule has 2 amide bonds. The standard InChI is InChI=1S/C15H21N5O2S2.Au/c1-17-13(21)10-12(16-14(17)22)19-4-2-11(3-5-19)18-6-8-20(9-7-18)15(23)24;/h2-5,10,13,15,21H,6-9H2,1H3,(H2-,16,22,23,24);/p-1. The van der Waals surface area contributed by atoms with Gasteiger partial charge >= 0.3 is 6.03 Å². The Morgan fingerprint density at radius 2 is 1.84 bits per heavy atom. The average Bonchev–Trinajstić information content (AvgIpc) is 2.59. The molecule has 0 aromatic carbocycles. The normalized spacial score (nSPS) is 21.7. The van der Waals surface area contributed by atoms with E-state index >= 15 is 0 Å². The molecule has 2 N–H and O–H groups in total. The van der Waals surface area contributed by atoms with Crippen molar-refractivity contribution in [1.82, 2.24) is 15.1 Å². The van der Waals surface area contributed by atoms with Gasteiger partial charge in [-0.05, 0) is 0 Å². The molecule has 1 aromatic rings. The molecule has 1 fully saturated rings. The number of piperazine rings is 1. The quantitative estimate of drug-likeness (QED) is 0.287. The Morgan fingerprint density at radius 1 is 1.24 bits per heavy atom. The minimum atomic E-state index is -0.932. The molecule has 141 valence electrons. The van der Waals surface area contributed by atoms with Gasteiger partial charge < -0.3 is 40.2 Å². The van der Waals surface area contributed by atoms with Gasteiger partial charge in [-0.1, -0.05) is 0 Å². The van der Waals surface area contributed by atoms with E-state index in [2.05, 4.69) is 15.1 Å². The number of hydrogen-bond acceptors (Lipinski definition) is 6. The van der Waals surface area contributed by atoms with Crippen molar-refractivity contribution in [1.29, 1.82) is 0 Å². The van der Waals surface area contributed by atoms with Crippen molar-refractivity contribution in [2.75, 3.05) is 38.1 Å². The van der Waals surface area contributed by atoms with Gasteiger partial charge in [0.15, 0.2) is 6.23 Å². The third kappa shape index (κ3) is 4.73. The van der Waals surface area contributed by atoms with Crippen molar-refractivity contribution in [2.24, 2.45) is 0 Å². The Labute approximate surface area is 174 Å². The maximum absolute atomic E-state index is 11.8. The Morgan fingerprint density at radius 3 is 2.36 bits per heavy atom. The van der Waals surface area contributed by atoms with E-state index in [1.54, 1.807) is 10.6 Å². The number of carbonyl (C=O) groups excluding carboxylic acids is 1. The Bertz CT molecular complexity index is 635. The molecule has 0 aliphatic carbocycles. The number of hydrogen-bond donors (Lipinski definition) is 2. The number of anilines is 1. The summed E-state index contributed by atoms with van der Waals surface area (Å²) in [7, 11) is 1.54. The number of urea groups is 1. The van der Waals surface area contributed by atoms with Crippen molar-refractivity contribution >= 4 is 42.8 Å². The van der Waals surface area contributed by atoms with Crippen LogP contribution in [0.15, 0.2) is 30.6 Å². The zero-order chi connectivity index (χ0) is 17.3. The van der Waals surface area contributed by atoms with Gasteiger partial charge in [-0.2, -0.15) is 5.32 Å². The fourth-order valence-electron chi connectivity index (χ4n) is 2.74. The summed E-state index contributed by atoms with van der Waals surface area (Å²) >= 11 is 10.3. The van der Waals surface area contributed by atoms with Crippen LogP contribution >= 0.6 is 0 Å². The molecule has 3 rings (SSSR count). The molecule has 1 saturated heterocycles. The molecule has 3 heterocycles. The fraction of sp³-hybridized carbons (Fsp3) is 0.467. The summed E-state index contributed by atoms with van der Waals surface area (Å²) in [5, 5.41) is 12.6. The molecule has 1 radical (unpaired) electrons. The summed E-state index contributed by atoms with van der Waals surface area (Å²) in [4.78, 5) is 17.4. The van der Waals surface area contributed by atoms with Crippen LogP contribution in [0.5, 0.6) is 0 Å². The van der Waals surface area contributed by atoms with Crippen LogP contribution in [0.25, 0.3) is 5.82 Å². The molecule has 2 aliphatic rings. The molecule has 0 bridgehead atoms. The fourth-order valence-corrected chi connectivity index (χ4v) is 3.17. The van der Waals surface area contributed by atoms with E-state index < -0.39 is 6.23 Å². The predicted molar refractivity (Wildman–Crippen MR) is 95.5 cm³/mol. The summed E-state index contributed by atoms with van der Waals surface area (Å²) in [6.45, 7) is 3.51. The second-order valence-electron chi connectivity index (χ2n) is 5.80. The number of likely N-dealkylation sites (N-methyl/N-ethyl adjacent to an activating group) is 1. The third-order valence-electron chi connectivity index (χ3n) is 4.33. The topological polar surface area (TPSA) is 62.9 Å². The number of aromatic nitrogens is 1. The van der Waals surface area contributed by atoms with E-state index in [0.29, 0.717) is 5.82 Å². The molecule has 7 nitrogen and oxygen atoms in total. The summed E-state index contributed by atoms with van der Waals surface area (Å²) < 4.78 is 1.53. The van der Waals surface area contributed by atoms with Crippen LogP contribution in [0.2, 0.25) is 0 Å². The van der Waals surface area contributed by atoms with Gasteiger partial charge in [0.25, 0.3) is 5.82 Å². The average molecular weight is 563 g/mol. The summed E-state index contributed by atoms with van der Waals surface area (Å²) in [5.41, 5.74) is 1.11. The monoisotopic (exact) mass is 563 g/mol. The van der Waals surface area contributed by atoms with Crippen LogP contribution in [0.4, 0.5) is 10.5 Å². The van der Waals surface area contributed by atoms with E-state index in [1.165, 1.54) is 11.9 Å². The van der Waals surface area contributed by atoms with Crippen molar-refractivity contribution in [3.8, 4) is 0 Å². The number of amides is 2. The van der Waals surface area contributed by atoms with Crippen molar-refractivity contribution in [3.05, 3.63) is 30.6 Å². The number of aliphatic hydroxyl groups excluding tert-OH is 1. The minimum absolute atomic E-state index is 0. The molecule has 1 aromatic heterocycles. The maximum Gasteiger partial charge on any atom is 0.411 e. The van der Waals surface area contributed by atoms with Crippen molar-refractivity contribution < 1.29 is 36.8 Å². The van der Waals surface area contributed by atoms with Crippen molar-refractivity contribution in [3.63, 3.8) is 0 Å². The smallest absolute Gasteiger partial charge is 0.411 e. The minimum Gasteiger partial charge on any atom is -0.800 e. The number of nitrogens with one attached hydrogen (secondary N) is 1. The second-order valence-corrected chi connectivity index (χ2v) is 6.99.